The highest BCUT2D eigenvalue weighted by Crippen LogP contribution is 2.14. The van der Waals surface area contributed by atoms with Gasteiger partial charge < -0.3 is 16.0 Å². The Bertz CT molecular complexity index is 420. The van der Waals surface area contributed by atoms with Gasteiger partial charge in [-0.1, -0.05) is 18.3 Å². The van der Waals surface area contributed by atoms with Gasteiger partial charge >= 0.3 is 0 Å². The van der Waals surface area contributed by atoms with Crippen molar-refractivity contribution in [1.82, 2.24) is 20.8 Å². The number of hydrogen-bond acceptors (Lipinski definition) is 6. The predicted molar refractivity (Wildman–Crippen MR) is 69.7 cm³/mol. The molecule has 3 N–H and O–H groups in total. The second-order valence-electron chi connectivity index (χ2n) is 3.65. The van der Waals surface area contributed by atoms with E-state index in [1.54, 1.807) is 6.92 Å². The third-order valence-electron chi connectivity index (χ3n) is 2.13. The molecule has 1 aromatic heterocycles. The molecule has 0 radical (unpaired) electrons. The third-order valence-corrected chi connectivity index (χ3v) is 3.01. The van der Waals surface area contributed by atoms with Crippen LogP contribution in [0.25, 0.3) is 0 Å². The predicted octanol–water partition coefficient (Wildman–Crippen LogP) is 0.224. The van der Waals surface area contributed by atoms with Crippen LogP contribution >= 0.6 is 11.3 Å². The zero-order chi connectivity index (χ0) is 13.5. The lowest BCUT2D eigenvalue weighted by atomic mass is 10.3. The van der Waals surface area contributed by atoms with Crippen molar-refractivity contribution in [2.75, 3.05) is 18.9 Å². The van der Waals surface area contributed by atoms with Gasteiger partial charge in [0.25, 0.3) is 5.91 Å². The average molecular weight is 271 g/mol. The maximum absolute atomic E-state index is 11.8. The van der Waals surface area contributed by atoms with Gasteiger partial charge in [0.2, 0.25) is 16.0 Å². The zero-order valence-electron chi connectivity index (χ0n) is 10.6. The molecule has 2 amide bonds. The van der Waals surface area contributed by atoms with Gasteiger partial charge in [-0.2, -0.15) is 0 Å². The Morgan fingerprint density at radius 2 is 2.11 bits per heavy atom. The molecule has 100 valence electrons. The Morgan fingerprint density at radius 1 is 1.39 bits per heavy atom. The van der Waals surface area contributed by atoms with Crippen molar-refractivity contribution in [3.63, 3.8) is 0 Å². The summed E-state index contributed by atoms with van der Waals surface area (Å²) in [6, 6.07) is -0.599. The second kappa shape index (κ2) is 6.90. The highest BCUT2D eigenvalue weighted by molar-refractivity contribution is 7.17. The van der Waals surface area contributed by atoms with Gasteiger partial charge in [-0.15, -0.1) is 10.2 Å². The first-order valence-electron chi connectivity index (χ1n) is 5.68. The van der Waals surface area contributed by atoms with Crippen LogP contribution in [0.4, 0.5) is 5.13 Å². The Hall–Kier alpha value is -1.70. The van der Waals surface area contributed by atoms with Crippen molar-refractivity contribution >= 4 is 28.3 Å². The third kappa shape index (κ3) is 3.95. The fourth-order valence-corrected chi connectivity index (χ4v) is 1.83. The van der Waals surface area contributed by atoms with Gasteiger partial charge in [-0.25, -0.2) is 0 Å². The SMILES string of the molecule is CCCNc1nnc(C(=O)NC(C)C(=O)NC)s1. The van der Waals surface area contributed by atoms with Gasteiger partial charge in [0.05, 0.1) is 0 Å². The lowest BCUT2D eigenvalue weighted by Crippen LogP contribution is -2.43. The van der Waals surface area contributed by atoms with E-state index < -0.39 is 11.9 Å². The van der Waals surface area contributed by atoms with E-state index in [-0.39, 0.29) is 10.9 Å². The molecule has 0 saturated heterocycles. The fourth-order valence-electron chi connectivity index (χ4n) is 1.16. The standard InChI is InChI=1S/C10H17N5O2S/c1-4-5-12-10-15-14-9(18-10)8(17)13-6(2)7(16)11-3/h6H,4-5H2,1-3H3,(H,11,16)(H,12,15)(H,13,17). The summed E-state index contributed by atoms with van der Waals surface area (Å²) in [5, 5.41) is 16.5. The molecular formula is C10H17N5O2S. The topological polar surface area (TPSA) is 96.0 Å². The van der Waals surface area contributed by atoms with Crippen molar-refractivity contribution < 1.29 is 9.59 Å². The quantitative estimate of drug-likeness (QED) is 0.688. The maximum atomic E-state index is 11.8. The number of aromatic nitrogens is 2. The van der Waals surface area contributed by atoms with Crippen molar-refractivity contribution in [1.29, 1.82) is 0 Å². The minimum atomic E-state index is -0.599. The van der Waals surface area contributed by atoms with E-state index in [0.29, 0.717) is 5.13 Å². The van der Waals surface area contributed by atoms with E-state index in [0.717, 1.165) is 13.0 Å². The summed E-state index contributed by atoms with van der Waals surface area (Å²) in [4.78, 5) is 23.0. The molecule has 0 aliphatic heterocycles. The normalized spacial score (nSPS) is 11.7. The molecule has 1 unspecified atom stereocenters. The summed E-state index contributed by atoms with van der Waals surface area (Å²) in [5.74, 6) is -0.648. The van der Waals surface area contributed by atoms with E-state index in [1.807, 2.05) is 6.92 Å². The molecular weight excluding hydrogens is 254 g/mol. The van der Waals surface area contributed by atoms with E-state index in [4.69, 9.17) is 0 Å². The van der Waals surface area contributed by atoms with E-state index in [1.165, 1.54) is 18.4 Å². The Morgan fingerprint density at radius 3 is 2.72 bits per heavy atom. The van der Waals surface area contributed by atoms with Crippen molar-refractivity contribution in [2.24, 2.45) is 0 Å². The van der Waals surface area contributed by atoms with E-state index in [9.17, 15) is 9.59 Å². The number of carbonyl (C=O) groups is 2. The van der Waals surface area contributed by atoms with Gasteiger partial charge in [0.15, 0.2) is 0 Å². The number of likely N-dealkylation sites (N-methyl/N-ethyl adjacent to an activating group) is 1. The average Bonchev–Trinajstić information content (AvgIpc) is 2.83. The zero-order valence-corrected chi connectivity index (χ0v) is 11.4. The summed E-state index contributed by atoms with van der Waals surface area (Å²) < 4.78 is 0. The number of amides is 2. The summed E-state index contributed by atoms with van der Waals surface area (Å²) in [6.07, 6.45) is 0.967. The molecule has 7 nitrogen and oxygen atoms in total. The number of nitrogens with one attached hydrogen (secondary N) is 3. The number of carbonyl (C=O) groups excluding carboxylic acids is 2. The van der Waals surface area contributed by atoms with E-state index in [2.05, 4.69) is 26.1 Å². The smallest absolute Gasteiger partial charge is 0.282 e. The molecule has 8 heteroatoms. The van der Waals surface area contributed by atoms with Crippen LogP contribution in [0.3, 0.4) is 0 Å². The first-order valence-corrected chi connectivity index (χ1v) is 6.50. The second-order valence-corrected chi connectivity index (χ2v) is 4.63. The molecule has 0 spiro atoms. The number of hydrogen-bond donors (Lipinski definition) is 3. The first kappa shape index (κ1) is 14.4. The van der Waals surface area contributed by atoms with Crippen molar-refractivity contribution in [3.05, 3.63) is 5.01 Å². The minimum Gasteiger partial charge on any atom is -0.360 e. The van der Waals surface area contributed by atoms with Crippen LogP contribution in [0.5, 0.6) is 0 Å². The molecule has 0 aliphatic rings. The first-order chi connectivity index (χ1) is 8.58. The van der Waals surface area contributed by atoms with Crippen molar-refractivity contribution in [3.8, 4) is 0 Å². The van der Waals surface area contributed by atoms with Crippen LogP contribution in [0.1, 0.15) is 30.1 Å². The molecule has 0 bridgehead atoms. The largest absolute Gasteiger partial charge is 0.360 e. The van der Waals surface area contributed by atoms with Gasteiger partial charge in [0, 0.05) is 13.6 Å². The lowest BCUT2D eigenvalue weighted by Gasteiger charge is -2.10. The van der Waals surface area contributed by atoms with Crippen LogP contribution in [0.2, 0.25) is 0 Å². The van der Waals surface area contributed by atoms with Crippen LogP contribution in [-0.4, -0.2) is 41.6 Å². The summed E-state index contributed by atoms with van der Waals surface area (Å²) >= 11 is 1.17. The molecule has 0 aromatic carbocycles. The maximum Gasteiger partial charge on any atom is 0.282 e. The van der Waals surface area contributed by atoms with Crippen LogP contribution in [0.15, 0.2) is 0 Å². The highest BCUT2D eigenvalue weighted by Gasteiger charge is 2.18. The van der Waals surface area contributed by atoms with Crippen LogP contribution in [0, 0.1) is 0 Å². The molecule has 18 heavy (non-hydrogen) atoms. The Kier molecular flexibility index (Phi) is 5.50. The van der Waals surface area contributed by atoms with Crippen molar-refractivity contribution in [2.45, 2.75) is 26.3 Å². The highest BCUT2D eigenvalue weighted by atomic mass is 32.1. The molecule has 0 aliphatic carbocycles. The van der Waals surface area contributed by atoms with Crippen LogP contribution in [-0.2, 0) is 4.79 Å². The Balaban J connectivity index is 2.56. The molecule has 1 heterocycles. The molecule has 1 atom stereocenters. The summed E-state index contributed by atoms with van der Waals surface area (Å²) in [7, 11) is 1.52. The lowest BCUT2D eigenvalue weighted by molar-refractivity contribution is -0.122. The molecule has 0 saturated carbocycles. The minimum absolute atomic E-state index is 0.240. The van der Waals surface area contributed by atoms with E-state index >= 15 is 0 Å². The fraction of sp³-hybridized carbons (Fsp3) is 0.600. The number of anilines is 1. The Labute approximate surface area is 109 Å². The van der Waals surface area contributed by atoms with Crippen LogP contribution < -0.4 is 16.0 Å². The monoisotopic (exact) mass is 271 g/mol. The number of rotatable bonds is 6. The summed E-state index contributed by atoms with van der Waals surface area (Å²) in [6.45, 7) is 4.42. The molecule has 1 rings (SSSR count). The number of nitrogens with zero attached hydrogens (tertiary/aromatic N) is 2. The van der Waals surface area contributed by atoms with Gasteiger partial charge in [0.1, 0.15) is 6.04 Å². The molecule has 0 fully saturated rings. The molecule has 1 aromatic rings. The summed E-state index contributed by atoms with van der Waals surface area (Å²) in [5.41, 5.74) is 0. The van der Waals surface area contributed by atoms with Gasteiger partial charge in [-0.3, -0.25) is 9.59 Å². The van der Waals surface area contributed by atoms with Gasteiger partial charge in [-0.05, 0) is 13.3 Å².